The van der Waals surface area contributed by atoms with Crippen molar-refractivity contribution in [1.29, 1.82) is 0 Å². The molecule has 0 aliphatic heterocycles. The van der Waals surface area contributed by atoms with E-state index in [0.29, 0.717) is 6.61 Å². The number of hydrogen-bond acceptors (Lipinski definition) is 6. The molecule has 0 N–H and O–H groups in total. The fourth-order valence-electron chi connectivity index (χ4n) is 4.47. The quantitative estimate of drug-likeness (QED) is 0.226. The average molecular weight is 608 g/mol. The summed E-state index contributed by atoms with van der Waals surface area (Å²) in [6.45, 7) is 3.69. The fraction of sp³-hybridized carbons (Fsp3) is 0.429. The number of benzene rings is 2. The van der Waals surface area contributed by atoms with E-state index in [9.17, 15) is 0 Å². The van der Waals surface area contributed by atoms with Gasteiger partial charge in [0, 0.05) is 13.6 Å². The number of hydrogen-bond donors (Lipinski definition) is 0. The van der Waals surface area contributed by atoms with Crippen LogP contribution in [0.25, 0.3) is 22.5 Å². The van der Waals surface area contributed by atoms with Gasteiger partial charge in [-0.3, -0.25) is 0 Å². The molecule has 37 heavy (non-hydrogen) atoms. The van der Waals surface area contributed by atoms with Crippen molar-refractivity contribution in [2.24, 2.45) is 7.05 Å². The molecule has 4 rings (SSSR count). The second-order valence-electron chi connectivity index (χ2n) is 10.8. The van der Waals surface area contributed by atoms with Crippen molar-refractivity contribution in [2.75, 3.05) is 27.2 Å². The van der Waals surface area contributed by atoms with Crippen molar-refractivity contribution in [3.8, 4) is 28.4 Å². The van der Waals surface area contributed by atoms with Crippen molar-refractivity contribution >= 4 is 18.7 Å². The Balaban J connectivity index is 1.63. The summed E-state index contributed by atoms with van der Waals surface area (Å²) in [5.41, 5.74) is 6.91. The van der Waals surface area contributed by atoms with Gasteiger partial charge in [-0.2, -0.15) is 0 Å². The second-order valence-corrected chi connectivity index (χ2v) is 24.4. The Bertz CT molecular complexity index is 1320. The molecular weight excluding hydrogens is 569 g/mol. The van der Waals surface area contributed by atoms with E-state index in [0.717, 1.165) is 59.9 Å². The van der Waals surface area contributed by atoms with Crippen LogP contribution in [0.5, 0.6) is 5.88 Å². The Labute approximate surface area is 224 Å². The van der Waals surface area contributed by atoms with Gasteiger partial charge >= 0.3 is 173 Å². The van der Waals surface area contributed by atoms with Crippen LogP contribution in [-0.2, 0) is 19.9 Å². The van der Waals surface area contributed by atoms with Crippen LogP contribution < -0.4 is 4.74 Å². The van der Waals surface area contributed by atoms with Crippen LogP contribution in [0.1, 0.15) is 30.2 Å². The van der Waals surface area contributed by atoms with Crippen molar-refractivity contribution in [3.63, 3.8) is 0 Å². The molecule has 2 heterocycles. The van der Waals surface area contributed by atoms with Gasteiger partial charge in [-0.25, -0.2) is 0 Å². The van der Waals surface area contributed by atoms with Gasteiger partial charge in [-0.15, -0.1) is 0 Å². The summed E-state index contributed by atoms with van der Waals surface area (Å²) < 4.78 is 10.2. The summed E-state index contributed by atoms with van der Waals surface area (Å²) in [6, 6.07) is 17.2. The molecule has 2 aromatic carbocycles. The molecule has 8 nitrogen and oxygen atoms in total. The molecule has 9 heteroatoms. The van der Waals surface area contributed by atoms with Gasteiger partial charge in [0.15, 0.2) is 0 Å². The Hall–Kier alpha value is -2.72. The van der Waals surface area contributed by atoms with E-state index in [-0.39, 0.29) is 0 Å². The summed E-state index contributed by atoms with van der Waals surface area (Å²) in [4.78, 5) is 9.07. The first-order valence-corrected chi connectivity index (χ1v) is 22.8. The van der Waals surface area contributed by atoms with Crippen LogP contribution in [-0.4, -0.2) is 79.0 Å². The molecule has 196 valence electrons. The van der Waals surface area contributed by atoms with Gasteiger partial charge < -0.3 is 4.90 Å². The van der Waals surface area contributed by atoms with E-state index in [4.69, 9.17) is 9.84 Å². The van der Waals surface area contributed by atoms with Gasteiger partial charge in [0.25, 0.3) is 0 Å². The van der Waals surface area contributed by atoms with Crippen molar-refractivity contribution in [2.45, 2.75) is 41.0 Å². The summed E-state index contributed by atoms with van der Waals surface area (Å²) in [5, 5.41) is 17.6. The predicted octanol–water partition coefficient (Wildman–Crippen LogP) is 4.91. The van der Waals surface area contributed by atoms with Crippen molar-refractivity contribution in [3.05, 3.63) is 65.4 Å². The van der Waals surface area contributed by atoms with Crippen LogP contribution in [0.4, 0.5) is 0 Å². The maximum absolute atomic E-state index is 6.21. The van der Waals surface area contributed by atoms with Gasteiger partial charge in [0.2, 0.25) is 0 Å². The number of ether oxygens (including phenoxy) is 1. The van der Waals surface area contributed by atoms with E-state index in [1.54, 1.807) is 0 Å². The van der Waals surface area contributed by atoms with Crippen LogP contribution in [0.2, 0.25) is 14.8 Å². The zero-order valence-electron chi connectivity index (χ0n) is 23.2. The molecule has 0 spiro atoms. The molecule has 0 atom stereocenters. The molecule has 0 amide bonds. The summed E-state index contributed by atoms with van der Waals surface area (Å²) >= 11 is -2.55. The summed E-state index contributed by atoms with van der Waals surface area (Å²) in [5.74, 6) is 1.74. The Kier molecular flexibility index (Phi) is 8.69. The van der Waals surface area contributed by atoms with Gasteiger partial charge in [-0.05, 0) is 14.1 Å². The average Bonchev–Trinajstić information content (AvgIpc) is 3.46. The Morgan fingerprint density at radius 3 is 2.32 bits per heavy atom. The Morgan fingerprint density at radius 1 is 0.973 bits per heavy atom. The molecule has 0 bridgehead atoms. The van der Waals surface area contributed by atoms with Gasteiger partial charge in [0.1, 0.15) is 6.61 Å². The van der Waals surface area contributed by atoms with Crippen LogP contribution >= 0.6 is 0 Å². The maximum atomic E-state index is 6.21. The molecule has 0 radical (unpaired) electrons. The standard InChI is InChI=1S/C25H30N7O.3CH3.Sn/c1-5-8-23-22(25(32(4)28-23)33-16-15-31(2)3)17-18-11-13-19(14-12-18)20-9-6-7-10-21(20)24-26-29-30-27-24;;;;/h6-7,9-14H,5,8,15-17H2,1-4H3;3*1H3;/q-1;;;;+1. The SMILES string of the molecule is CCCc1nn(C)c(OCCN(C)C)c1Cc1ccc(-c2ccccc2-c2nnn[n]2[Sn]([CH3])([CH3])[CH3])cc1. The second kappa shape index (κ2) is 11.8. The molecular formula is C28H39N7OSn. The molecule has 0 aliphatic carbocycles. The van der Waals surface area contributed by atoms with Crippen LogP contribution in [0.3, 0.4) is 0 Å². The van der Waals surface area contributed by atoms with Crippen molar-refractivity contribution < 1.29 is 4.74 Å². The van der Waals surface area contributed by atoms with Crippen LogP contribution in [0, 0.1) is 0 Å². The zero-order chi connectivity index (χ0) is 26.6. The van der Waals surface area contributed by atoms with Crippen molar-refractivity contribution in [1.82, 2.24) is 33.1 Å². The van der Waals surface area contributed by atoms with E-state index in [2.05, 4.69) is 108 Å². The normalized spacial score (nSPS) is 11.9. The monoisotopic (exact) mass is 609 g/mol. The minimum absolute atomic E-state index is 0.638. The number of aromatic nitrogens is 6. The molecule has 0 saturated carbocycles. The van der Waals surface area contributed by atoms with E-state index < -0.39 is 18.7 Å². The molecule has 0 unspecified atom stereocenters. The van der Waals surface area contributed by atoms with E-state index >= 15 is 0 Å². The van der Waals surface area contributed by atoms with E-state index in [1.165, 1.54) is 11.1 Å². The summed E-state index contributed by atoms with van der Waals surface area (Å²) in [6.07, 6.45) is 2.79. The first kappa shape index (κ1) is 27.3. The molecule has 0 aliphatic rings. The minimum atomic E-state index is -2.55. The predicted molar refractivity (Wildman–Crippen MR) is 151 cm³/mol. The third-order valence-electron chi connectivity index (χ3n) is 6.35. The topological polar surface area (TPSA) is 73.9 Å². The fourth-order valence-corrected chi connectivity index (χ4v) is 7.63. The molecule has 4 aromatic rings. The van der Waals surface area contributed by atoms with Gasteiger partial charge in [-0.1, -0.05) is 13.3 Å². The third kappa shape index (κ3) is 6.41. The number of likely N-dealkylation sites (N-methyl/N-ethyl adjacent to an activating group) is 1. The van der Waals surface area contributed by atoms with Crippen LogP contribution in [0.15, 0.2) is 48.5 Å². The first-order valence-electron chi connectivity index (χ1n) is 13.0. The number of tetrazole rings is 1. The Morgan fingerprint density at radius 2 is 1.68 bits per heavy atom. The molecule has 0 saturated heterocycles. The number of nitrogens with zero attached hydrogens (tertiary/aromatic N) is 7. The molecule has 2 aromatic heterocycles. The molecule has 0 fully saturated rings. The first-order chi connectivity index (χ1) is 17.7. The van der Waals surface area contributed by atoms with E-state index in [1.807, 2.05) is 11.7 Å². The van der Waals surface area contributed by atoms with Gasteiger partial charge in [0.05, 0.1) is 0 Å². The zero-order valence-corrected chi connectivity index (χ0v) is 26.0. The number of rotatable bonds is 11. The number of aryl methyl sites for hydroxylation is 2. The third-order valence-corrected chi connectivity index (χ3v) is 10.8. The summed E-state index contributed by atoms with van der Waals surface area (Å²) in [7, 11) is 6.09.